The molecule has 1 aliphatic heterocycles. The van der Waals surface area contributed by atoms with Crippen molar-refractivity contribution in [3.05, 3.63) is 46.1 Å². The lowest BCUT2D eigenvalue weighted by molar-refractivity contribution is 0.305. The minimum absolute atomic E-state index is 0.202. The van der Waals surface area contributed by atoms with Crippen molar-refractivity contribution in [3.8, 4) is 11.1 Å². The summed E-state index contributed by atoms with van der Waals surface area (Å²) in [4.78, 5) is 20.8. The van der Waals surface area contributed by atoms with E-state index < -0.39 is 0 Å². The topological polar surface area (TPSA) is 49.6 Å². The van der Waals surface area contributed by atoms with E-state index in [0.717, 1.165) is 37.3 Å². The molecule has 23 heavy (non-hydrogen) atoms. The number of likely N-dealkylation sites (N-methyl/N-ethyl adjacent to an activating group) is 1. The molecule has 1 fully saturated rings. The maximum absolute atomic E-state index is 12.4. The largest absolute Gasteiger partial charge is 0.423 e. The first-order valence-corrected chi connectivity index (χ1v) is 8.51. The average molecular weight is 327 g/mol. The molecular weight excluding hydrogens is 310 g/mol. The summed E-state index contributed by atoms with van der Waals surface area (Å²) < 4.78 is 6.63. The molecule has 0 aliphatic carbocycles. The number of aromatic nitrogens is 1. The lowest BCUT2D eigenvalue weighted by Crippen LogP contribution is -2.45. The van der Waals surface area contributed by atoms with Gasteiger partial charge >= 0.3 is 6.01 Å². The van der Waals surface area contributed by atoms with Crippen LogP contribution in [0.2, 0.25) is 0 Å². The van der Waals surface area contributed by atoms with Gasteiger partial charge in [-0.05, 0) is 12.6 Å². The smallest absolute Gasteiger partial charge is 0.301 e. The zero-order chi connectivity index (χ0) is 15.8. The van der Waals surface area contributed by atoms with E-state index in [-0.39, 0.29) is 5.56 Å². The van der Waals surface area contributed by atoms with Crippen molar-refractivity contribution in [1.82, 2.24) is 9.88 Å². The van der Waals surface area contributed by atoms with E-state index in [4.69, 9.17) is 4.42 Å². The average Bonchev–Trinajstić information content (AvgIpc) is 3.01. The van der Waals surface area contributed by atoms with Gasteiger partial charge in [0.2, 0.25) is 0 Å². The summed E-state index contributed by atoms with van der Waals surface area (Å²) in [7, 11) is 2.09. The molecule has 0 bridgehead atoms. The highest BCUT2D eigenvalue weighted by Gasteiger charge is 2.21. The summed E-state index contributed by atoms with van der Waals surface area (Å²) in [6, 6.07) is 10.4. The summed E-state index contributed by atoms with van der Waals surface area (Å²) >= 11 is 1.40. The van der Waals surface area contributed by atoms with E-state index >= 15 is 0 Å². The fraction of sp³-hybridized carbons (Fsp3) is 0.294. The number of piperazine rings is 1. The molecule has 0 atom stereocenters. The zero-order valence-corrected chi connectivity index (χ0v) is 13.7. The van der Waals surface area contributed by atoms with Gasteiger partial charge in [0.05, 0.1) is 0 Å². The Morgan fingerprint density at radius 3 is 2.61 bits per heavy atom. The Bertz CT molecular complexity index is 880. The minimum atomic E-state index is -0.202. The molecule has 1 aromatic carbocycles. The normalized spacial score (nSPS) is 16.1. The molecule has 4 rings (SSSR count). The number of nitrogens with zero attached hydrogens (tertiary/aromatic N) is 3. The minimum Gasteiger partial charge on any atom is -0.423 e. The van der Waals surface area contributed by atoms with E-state index in [1.54, 1.807) is 0 Å². The third-order valence-electron chi connectivity index (χ3n) is 4.19. The molecule has 0 amide bonds. The second kappa shape index (κ2) is 5.79. The lowest BCUT2D eigenvalue weighted by atomic mass is 10.1. The van der Waals surface area contributed by atoms with Crippen LogP contribution in [0, 0.1) is 0 Å². The molecule has 2 aromatic heterocycles. The van der Waals surface area contributed by atoms with Gasteiger partial charge < -0.3 is 14.2 Å². The van der Waals surface area contributed by atoms with Crippen LogP contribution in [0.4, 0.5) is 6.01 Å². The van der Waals surface area contributed by atoms with Crippen LogP contribution in [0.5, 0.6) is 0 Å². The fourth-order valence-electron chi connectivity index (χ4n) is 2.80. The number of anilines is 1. The summed E-state index contributed by atoms with van der Waals surface area (Å²) in [5.74, 6) is 0. The second-order valence-electron chi connectivity index (χ2n) is 5.77. The molecular formula is C17H17N3O2S. The highest BCUT2D eigenvalue weighted by Crippen LogP contribution is 2.33. The third-order valence-corrected chi connectivity index (χ3v) is 5.14. The van der Waals surface area contributed by atoms with Crippen LogP contribution in [-0.2, 0) is 0 Å². The van der Waals surface area contributed by atoms with Crippen LogP contribution in [0.3, 0.4) is 0 Å². The molecule has 0 unspecified atom stereocenters. The van der Waals surface area contributed by atoms with Crippen molar-refractivity contribution in [2.75, 3.05) is 38.1 Å². The SMILES string of the molecule is CN1CCN(c2nc(=O)c3scc(-c4ccccc4)c3o2)CC1. The van der Waals surface area contributed by atoms with Gasteiger partial charge in [0.1, 0.15) is 4.70 Å². The van der Waals surface area contributed by atoms with E-state index in [0.29, 0.717) is 16.3 Å². The molecule has 1 aliphatic rings. The van der Waals surface area contributed by atoms with Gasteiger partial charge in [-0.3, -0.25) is 4.79 Å². The molecule has 0 N–H and O–H groups in total. The Morgan fingerprint density at radius 2 is 1.87 bits per heavy atom. The van der Waals surface area contributed by atoms with E-state index in [1.165, 1.54) is 11.3 Å². The summed E-state index contributed by atoms with van der Waals surface area (Å²) in [5, 5.41) is 1.97. The van der Waals surface area contributed by atoms with Gasteiger partial charge in [-0.15, -0.1) is 11.3 Å². The zero-order valence-electron chi connectivity index (χ0n) is 12.9. The van der Waals surface area contributed by atoms with Gasteiger partial charge in [0.25, 0.3) is 5.56 Å². The van der Waals surface area contributed by atoms with Crippen LogP contribution >= 0.6 is 11.3 Å². The number of hydrogen-bond acceptors (Lipinski definition) is 6. The van der Waals surface area contributed by atoms with Crippen LogP contribution in [0.1, 0.15) is 0 Å². The summed E-state index contributed by atoms with van der Waals surface area (Å²) in [6.45, 7) is 3.53. The molecule has 3 heterocycles. The van der Waals surface area contributed by atoms with Crippen LogP contribution in [0.15, 0.2) is 44.9 Å². The van der Waals surface area contributed by atoms with E-state index in [9.17, 15) is 4.79 Å². The number of benzene rings is 1. The number of thiophene rings is 1. The monoisotopic (exact) mass is 327 g/mol. The first-order chi connectivity index (χ1) is 11.2. The van der Waals surface area contributed by atoms with Crippen molar-refractivity contribution in [2.45, 2.75) is 0 Å². The van der Waals surface area contributed by atoms with Crippen LogP contribution in [0.25, 0.3) is 21.4 Å². The lowest BCUT2D eigenvalue weighted by Gasteiger charge is -2.31. The number of rotatable bonds is 2. The number of hydrogen-bond donors (Lipinski definition) is 0. The Labute approximate surface area is 137 Å². The first kappa shape index (κ1) is 14.4. The van der Waals surface area contributed by atoms with E-state index in [1.807, 2.05) is 40.6 Å². The molecule has 0 spiro atoms. The Balaban J connectivity index is 1.81. The predicted molar refractivity (Wildman–Crippen MR) is 93.3 cm³/mol. The quantitative estimate of drug-likeness (QED) is 0.724. The Kier molecular flexibility index (Phi) is 3.63. The van der Waals surface area contributed by atoms with E-state index in [2.05, 4.69) is 16.9 Å². The Morgan fingerprint density at radius 1 is 1.13 bits per heavy atom. The standard InChI is InChI=1S/C17H17N3O2S/c1-19-7-9-20(10-8-19)17-18-16(21)15-14(22-17)13(11-23-15)12-5-3-2-4-6-12/h2-6,11H,7-10H2,1H3. The fourth-order valence-corrected chi connectivity index (χ4v) is 3.68. The van der Waals surface area contributed by atoms with Crippen molar-refractivity contribution >= 4 is 27.6 Å². The molecule has 0 saturated carbocycles. The molecule has 1 saturated heterocycles. The molecule has 5 nitrogen and oxygen atoms in total. The predicted octanol–water partition coefficient (Wildman–Crippen LogP) is 2.67. The van der Waals surface area contributed by atoms with Gasteiger partial charge in [0.15, 0.2) is 5.58 Å². The van der Waals surface area contributed by atoms with Gasteiger partial charge in [-0.2, -0.15) is 4.98 Å². The van der Waals surface area contributed by atoms with Crippen molar-refractivity contribution in [1.29, 1.82) is 0 Å². The summed E-state index contributed by atoms with van der Waals surface area (Å²) in [6.07, 6.45) is 0. The maximum atomic E-state index is 12.4. The molecule has 6 heteroatoms. The van der Waals surface area contributed by atoms with Gasteiger partial charge in [-0.25, -0.2) is 0 Å². The molecule has 0 radical (unpaired) electrons. The van der Waals surface area contributed by atoms with Crippen LogP contribution < -0.4 is 10.5 Å². The van der Waals surface area contributed by atoms with Gasteiger partial charge in [0, 0.05) is 37.1 Å². The second-order valence-corrected chi connectivity index (χ2v) is 6.65. The maximum Gasteiger partial charge on any atom is 0.301 e. The van der Waals surface area contributed by atoms with Gasteiger partial charge in [-0.1, -0.05) is 30.3 Å². The number of fused-ring (bicyclic) bond motifs is 1. The Hall–Kier alpha value is -2.18. The molecule has 3 aromatic rings. The van der Waals surface area contributed by atoms with Crippen molar-refractivity contribution in [2.24, 2.45) is 0 Å². The van der Waals surface area contributed by atoms with Crippen molar-refractivity contribution in [3.63, 3.8) is 0 Å². The molecule has 118 valence electrons. The van der Waals surface area contributed by atoms with Crippen molar-refractivity contribution < 1.29 is 4.42 Å². The third kappa shape index (κ3) is 2.64. The first-order valence-electron chi connectivity index (χ1n) is 7.63. The highest BCUT2D eigenvalue weighted by molar-refractivity contribution is 7.17. The summed E-state index contributed by atoms with van der Waals surface area (Å²) in [5.41, 5.74) is 2.46. The highest BCUT2D eigenvalue weighted by atomic mass is 32.1. The van der Waals surface area contributed by atoms with Crippen LogP contribution in [-0.4, -0.2) is 43.1 Å².